The van der Waals surface area contributed by atoms with Crippen LogP contribution in [0.2, 0.25) is 0 Å². The summed E-state index contributed by atoms with van der Waals surface area (Å²) in [6, 6.07) is 9.63. The van der Waals surface area contributed by atoms with E-state index >= 15 is 0 Å². The van der Waals surface area contributed by atoms with E-state index in [1.807, 2.05) is 30.3 Å². The molecule has 20 heavy (non-hydrogen) atoms. The van der Waals surface area contributed by atoms with Gasteiger partial charge in [-0.25, -0.2) is 9.67 Å². The molecule has 0 amide bonds. The summed E-state index contributed by atoms with van der Waals surface area (Å²) in [5.74, 6) is 0. The van der Waals surface area contributed by atoms with Gasteiger partial charge in [0.1, 0.15) is 5.39 Å². The molecule has 0 saturated carbocycles. The zero-order chi connectivity index (χ0) is 13.9. The lowest BCUT2D eigenvalue weighted by molar-refractivity contribution is 0.624. The normalized spacial score (nSPS) is 11.1. The Morgan fingerprint density at radius 3 is 2.75 bits per heavy atom. The van der Waals surface area contributed by atoms with Crippen LogP contribution in [0.3, 0.4) is 0 Å². The van der Waals surface area contributed by atoms with Gasteiger partial charge in [-0.2, -0.15) is 5.10 Å². The lowest BCUT2D eigenvalue weighted by atomic mass is 10.3. The summed E-state index contributed by atoms with van der Waals surface area (Å²) in [6.45, 7) is 1.13. The number of aromatic nitrogens is 4. The average Bonchev–Trinajstić information content (AvgIpc) is 2.92. The standard InChI is InChI=1S/C14H15N5O/c15-7-4-8-18-10-16-13-12(14(18)20)9-17-19(13)11-5-2-1-3-6-11/h1-3,5-6,9-10H,4,7-8,15H2. The van der Waals surface area contributed by atoms with E-state index in [1.165, 1.54) is 0 Å². The molecule has 0 aliphatic carbocycles. The monoisotopic (exact) mass is 269 g/mol. The van der Waals surface area contributed by atoms with Crippen molar-refractivity contribution < 1.29 is 0 Å². The molecule has 0 aliphatic rings. The van der Waals surface area contributed by atoms with E-state index in [0.717, 1.165) is 12.1 Å². The molecule has 2 N–H and O–H groups in total. The number of nitrogens with two attached hydrogens (primary N) is 1. The molecule has 2 heterocycles. The molecule has 0 spiro atoms. The quantitative estimate of drug-likeness (QED) is 0.764. The maximum atomic E-state index is 12.3. The Kier molecular flexibility index (Phi) is 3.30. The van der Waals surface area contributed by atoms with Gasteiger partial charge in [0.25, 0.3) is 5.56 Å². The van der Waals surface area contributed by atoms with Crippen LogP contribution in [-0.4, -0.2) is 25.9 Å². The fourth-order valence-electron chi connectivity index (χ4n) is 2.13. The Morgan fingerprint density at radius 2 is 2.00 bits per heavy atom. The Hall–Kier alpha value is -2.47. The predicted octanol–water partition coefficient (Wildman–Crippen LogP) is 0.931. The third-order valence-corrected chi connectivity index (χ3v) is 3.16. The lowest BCUT2D eigenvalue weighted by Crippen LogP contribution is -2.21. The highest BCUT2D eigenvalue weighted by molar-refractivity contribution is 5.74. The van der Waals surface area contributed by atoms with E-state index in [0.29, 0.717) is 24.1 Å². The van der Waals surface area contributed by atoms with Crippen molar-refractivity contribution in [3.8, 4) is 5.69 Å². The molecule has 3 rings (SSSR count). The summed E-state index contributed by atoms with van der Waals surface area (Å²) in [6.07, 6.45) is 3.87. The Balaban J connectivity index is 2.11. The molecule has 0 atom stereocenters. The van der Waals surface area contributed by atoms with Crippen LogP contribution in [0.5, 0.6) is 0 Å². The molecular weight excluding hydrogens is 254 g/mol. The first-order chi connectivity index (χ1) is 9.81. The van der Waals surface area contributed by atoms with E-state index in [-0.39, 0.29) is 5.56 Å². The Labute approximate surface area is 115 Å². The van der Waals surface area contributed by atoms with Crippen molar-refractivity contribution in [1.82, 2.24) is 19.3 Å². The Bertz CT molecular complexity index is 775. The van der Waals surface area contributed by atoms with Gasteiger partial charge in [-0.15, -0.1) is 0 Å². The summed E-state index contributed by atoms with van der Waals surface area (Å²) in [5.41, 5.74) is 6.85. The summed E-state index contributed by atoms with van der Waals surface area (Å²) in [5, 5.41) is 4.79. The molecule has 0 bridgehead atoms. The minimum Gasteiger partial charge on any atom is -0.330 e. The third-order valence-electron chi connectivity index (χ3n) is 3.16. The van der Waals surface area contributed by atoms with Crippen molar-refractivity contribution in [2.75, 3.05) is 6.54 Å². The zero-order valence-corrected chi connectivity index (χ0v) is 10.9. The van der Waals surface area contributed by atoms with E-state index in [2.05, 4.69) is 10.1 Å². The molecule has 0 aliphatic heterocycles. The SMILES string of the molecule is NCCCn1cnc2c(cnn2-c2ccccc2)c1=O. The van der Waals surface area contributed by atoms with E-state index in [1.54, 1.807) is 21.8 Å². The summed E-state index contributed by atoms with van der Waals surface area (Å²) in [7, 11) is 0. The van der Waals surface area contributed by atoms with Gasteiger partial charge < -0.3 is 5.73 Å². The van der Waals surface area contributed by atoms with Crippen molar-refractivity contribution in [3.05, 3.63) is 53.2 Å². The molecule has 6 nitrogen and oxygen atoms in total. The van der Waals surface area contributed by atoms with Crippen molar-refractivity contribution >= 4 is 11.0 Å². The van der Waals surface area contributed by atoms with Crippen LogP contribution in [0.4, 0.5) is 0 Å². The largest absolute Gasteiger partial charge is 0.330 e. The number of para-hydroxylation sites is 1. The zero-order valence-electron chi connectivity index (χ0n) is 10.9. The van der Waals surface area contributed by atoms with Crippen molar-refractivity contribution in [2.45, 2.75) is 13.0 Å². The van der Waals surface area contributed by atoms with Crippen molar-refractivity contribution in [3.63, 3.8) is 0 Å². The lowest BCUT2D eigenvalue weighted by Gasteiger charge is -2.05. The maximum Gasteiger partial charge on any atom is 0.264 e. The third kappa shape index (κ3) is 2.10. The molecule has 2 aromatic heterocycles. The molecule has 6 heteroatoms. The fraction of sp³-hybridized carbons (Fsp3) is 0.214. The topological polar surface area (TPSA) is 78.7 Å². The highest BCUT2D eigenvalue weighted by atomic mass is 16.1. The molecule has 0 unspecified atom stereocenters. The minimum absolute atomic E-state index is 0.0781. The number of benzene rings is 1. The maximum absolute atomic E-state index is 12.3. The van der Waals surface area contributed by atoms with Gasteiger partial charge in [-0.1, -0.05) is 18.2 Å². The van der Waals surface area contributed by atoms with Gasteiger partial charge in [0, 0.05) is 6.54 Å². The molecule has 102 valence electrons. The minimum atomic E-state index is -0.0781. The van der Waals surface area contributed by atoms with E-state index in [4.69, 9.17) is 5.73 Å². The van der Waals surface area contributed by atoms with Gasteiger partial charge in [-0.05, 0) is 25.1 Å². The van der Waals surface area contributed by atoms with E-state index in [9.17, 15) is 4.79 Å². The van der Waals surface area contributed by atoms with Gasteiger partial charge >= 0.3 is 0 Å². The average molecular weight is 269 g/mol. The van der Waals surface area contributed by atoms with Crippen LogP contribution in [0, 0.1) is 0 Å². The van der Waals surface area contributed by atoms with Gasteiger partial charge in [0.15, 0.2) is 5.65 Å². The second-order valence-electron chi connectivity index (χ2n) is 4.51. The second-order valence-corrected chi connectivity index (χ2v) is 4.51. The number of rotatable bonds is 4. The Morgan fingerprint density at radius 1 is 1.20 bits per heavy atom. The van der Waals surface area contributed by atoms with E-state index < -0.39 is 0 Å². The summed E-state index contributed by atoms with van der Waals surface area (Å²) >= 11 is 0. The highest BCUT2D eigenvalue weighted by Crippen LogP contribution is 2.12. The summed E-state index contributed by atoms with van der Waals surface area (Å²) in [4.78, 5) is 16.7. The predicted molar refractivity (Wildman–Crippen MR) is 76.8 cm³/mol. The first kappa shape index (κ1) is 12.6. The smallest absolute Gasteiger partial charge is 0.264 e. The van der Waals surface area contributed by atoms with Crippen LogP contribution < -0.4 is 11.3 Å². The molecular formula is C14H15N5O. The van der Waals surface area contributed by atoms with Gasteiger partial charge in [0.2, 0.25) is 0 Å². The number of hydrogen-bond acceptors (Lipinski definition) is 4. The van der Waals surface area contributed by atoms with Crippen LogP contribution in [0.15, 0.2) is 47.7 Å². The molecule has 1 aromatic carbocycles. The number of aryl methyl sites for hydroxylation is 1. The van der Waals surface area contributed by atoms with Crippen molar-refractivity contribution in [1.29, 1.82) is 0 Å². The fourth-order valence-corrected chi connectivity index (χ4v) is 2.13. The molecule has 0 saturated heterocycles. The first-order valence-electron chi connectivity index (χ1n) is 6.50. The van der Waals surface area contributed by atoms with Gasteiger partial charge in [-0.3, -0.25) is 9.36 Å². The van der Waals surface area contributed by atoms with Crippen molar-refractivity contribution in [2.24, 2.45) is 5.73 Å². The van der Waals surface area contributed by atoms with Crippen LogP contribution >= 0.6 is 0 Å². The highest BCUT2D eigenvalue weighted by Gasteiger charge is 2.10. The summed E-state index contributed by atoms with van der Waals surface area (Å²) < 4.78 is 3.25. The van der Waals surface area contributed by atoms with Crippen LogP contribution in [0.25, 0.3) is 16.7 Å². The second kappa shape index (κ2) is 5.26. The number of nitrogens with zero attached hydrogens (tertiary/aromatic N) is 4. The van der Waals surface area contributed by atoms with Crippen LogP contribution in [-0.2, 0) is 6.54 Å². The molecule has 0 fully saturated rings. The van der Waals surface area contributed by atoms with Gasteiger partial charge in [0.05, 0.1) is 18.2 Å². The molecule has 3 aromatic rings. The van der Waals surface area contributed by atoms with Crippen LogP contribution in [0.1, 0.15) is 6.42 Å². The first-order valence-corrected chi connectivity index (χ1v) is 6.50. The molecule has 0 radical (unpaired) electrons. The number of hydrogen-bond donors (Lipinski definition) is 1. The number of fused-ring (bicyclic) bond motifs is 1.